The largest absolute Gasteiger partial charge is 0.480 e. The van der Waals surface area contributed by atoms with Crippen molar-refractivity contribution in [2.24, 2.45) is 38.7 Å². The Morgan fingerprint density at radius 2 is 1.44 bits per heavy atom. The summed E-state index contributed by atoms with van der Waals surface area (Å²) in [7, 11) is 0. The molecule has 18 heteroatoms. The number of carbonyl (C=O) groups is 4. The SMILES string of the molecule is CSCCC(NC(=O)C(N)CCCN=C(N)N)C(=O)NC(CCCN=C(N)N)C(=O)NC(Cc1cnc[nH]1)C(=O)O. The Morgan fingerprint density at radius 1 is 0.902 bits per heavy atom. The van der Waals surface area contributed by atoms with E-state index in [1.165, 1.54) is 24.3 Å². The number of carboxylic acid groups (broad SMARTS) is 1. The third kappa shape index (κ3) is 14.8. The highest BCUT2D eigenvalue weighted by Crippen LogP contribution is 2.07. The quantitative estimate of drug-likeness (QED) is 0.0400. The molecule has 15 N–H and O–H groups in total. The molecule has 230 valence electrons. The number of aliphatic carboxylic acids is 1. The summed E-state index contributed by atoms with van der Waals surface area (Å²) >= 11 is 1.47. The number of hydrogen-bond donors (Lipinski definition) is 10. The number of imidazole rings is 1. The summed E-state index contributed by atoms with van der Waals surface area (Å²) in [5.74, 6) is -2.82. The minimum Gasteiger partial charge on any atom is -0.480 e. The van der Waals surface area contributed by atoms with E-state index in [-0.39, 0.29) is 44.1 Å². The van der Waals surface area contributed by atoms with Crippen molar-refractivity contribution >= 4 is 47.4 Å². The van der Waals surface area contributed by atoms with Gasteiger partial charge in [-0.1, -0.05) is 0 Å². The fraction of sp³-hybridized carbons (Fsp3) is 0.609. The monoisotopic (exact) mass is 598 g/mol. The number of nitrogens with zero attached hydrogens (tertiary/aromatic N) is 3. The molecule has 0 aromatic carbocycles. The van der Waals surface area contributed by atoms with Crippen LogP contribution in [-0.2, 0) is 25.6 Å². The van der Waals surface area contributed by atoms with Crippen LogP contribution in [0.5, 0.6) is 0 Å². The first-order chi connectivity index (χ1) is 19.4. The predicted molar refractivity (Wildman–Crippen MR) is 157 cm³/mol. The maximum absolute atomic E-state index is 13.3. The highest BCUT2D eigenvalue weighted by molar-refractivity contribution is 7.98. The summed E-state index contributed by atoms with van der Waals surface area (Å²) < 4.78 is 0. The number of aliphatic imine (C=N–C) groups is 2. The van der Waals surface area contributed by atoms with E-state index < -0.39 is 47.9 Å². The molecular weight excluding hydrogens is 556 g/mol. The second-order valence-corrected chi connectivity index (χ2v) is 10.1. The normalized spacial score (nSPS) is 13.6. The summed E-state index contributed by atoms with van der Waals surface area (Å²) in [6, 6.07) is -4.33. The molecular formula is C23H42N12O5S. The molecule has 0 aliphatic carbocycles. The lowest BCUT2D eigenvalue weighted by Gasteiger charge is -2.25. The number of carbonyl (C=O) groups excluding carboxylic acids is 3. The molecule has 0 saturated carbocycles. The summed E-state index contributed by atoms with van der Waals surface area (Å²) in [4.78, 5) is 65.3. The van der Waals surface area contributed by atoms with Crippen molar-refractivity contribution in [3.8, 4) is 0 Å². The van der Waals surface area contributed by atoms with Gasteiger partial charge in [0.05, 0.1) is 12.4 Å². The predicted octanol–water partition coefficient (Wildman–Crippen LogP) is -3.32. The molecule has 0 aliphatic rings. The molecule has 0 bridgehead atoms. The van der Waals surface area contributed by atoms with Crippen LogP contribution < -0.4 is 44.6 Å². The maximum atomic E-state index is 13.3. The zero-order valence-electron chi connectivity index (χ0n) is 23.0. The van der Waals surface area contributed by atoms with Crippen LogP contribution >= 0.6 is 11.8 Å². The molecule has 3 amide bonds. The van der Waals surface area contributed by atoms with Gasteiger partial charge in [-0.25, -0.2) is 9.78 Å². The molecule has 0 saturated heterocycles. The molecule has 0 aliphatic heterocycles. The zero-order valence-corrected chi connectivity index (χ0v) is 23.9. The standard InChI is InChI=1S/C23H42N12O5S/c1-41-9-6-16(33-18(36)14(24)4-2-7-30-22(25)26)20(38)34-15(5-3-8-31-23(27)28)19(37)35-17(21(39)40)10-13-11-29-12-32-13/h11-12,14-17H,2-10,24H2,1H3,(H,29,32)(H,33,36)(H,34,38)(H,35,37)(H,39,40)(H4,25,26,30)(H4,27,28,31). The first kappa shape index (κ1) is 35.0. The van der Waals surface area contributed by atoms with Crippen molar-refractivity contribution in [2.75, 3.05) is 25.1 Å². The van der Waals surface area contributed by atoms with Gasteiger partial charge in [0, 0.05) is 31.4 Å². The molecule has 4 atom stereocenters. The topological polar surface area (TPSA) is 308 Å². The lowest BCUT2D eigenvalue weighted by atomic mass is 10.1. The summed E-state index contributed by atoms with van der Waals surface area (Å²) in [5.41, 5.74) is 27.8. The molecule has 4 unspecified atom stereocenters. The van der Waals surface area contributed by atoms with E-state index in [1.54, 1.807) is 0 Å². The van der Waals surface area contributed by atoms with Gasteiger partial charge >= 0.3 is 5.97 Å². The Morgan fingerprint density at radius 3 is 1.95 bits per heavy atom. The maximum Gasteiger partial charge on any atom is 0.326 e. The Kier molecular flexibility index (Phi) is 16.3. The Labute approximate surface area is 242 Å². The number of hydrogen-bond acceptors (Lipinski definition) is 9. The van der Waals surface area contributed by atoms with Crippen molar-refractivity contribution in [3.05, 3.63) is 18.2 Å². The fourth-order valence-corrected chi connectivity index (χ4v) is 4.04. The number of amides is 3. The smallest absolute Gasteiger partial charge is 0.326 e. The fourth-order valence-electron chi connectivity index (χ4n) is 3.57. The van der Waals surface area contributed by atoms with Gasteiger partial charge in [0.25, 0.3) is 0 Å². The van der Waals surface area contributed by atoms with E-state index in [0.29, 0.717) is 30.8 Å². The number of rotatable bonds is 20. The summed E-state index contributed by atoms with van der Waals surface area (Å²) in [6.07, 6.45) is 6.02. The second-order valence-electron chi connectivity index (χ2n) is 9.09. The number of H-pyrrole nitrogens is 1. The van der Waals surface area contributed by atoms with Gasteiger partial charge in [0.15, 0.2) is 11.9 Å². The summed E-state index contributed by atoms with van der Waals surface area (Å²) in [5, 5.41) is 17.4. The van der Waals surface area contributed by atoms with Crippen LogP contribution in [0.25, 0.3) is 0 Å². The first-order valence-corrected chi connectivity index (χ1v) is 14.3. The highest BCUT2D eigenvalue weighted by atomic mass is 32.2. The molecule has 1 rings (SSSR count). The molecule has 1 aromatic heterocycles. The zero-order chi connectivity index (χ0) is 30.8. The molecule has 0 fully saturated rings. The second kappa shape index (κ2) is 19.1. The van der Waals surface area contributed by atoms with E-state index >= 15 is 0 Å². The molecule has 1 aromatic rings. The van der Waals surface area contributed by atoms with Crippen molar-refractivity contribution in [1.29, 1.82) is 0 Å². The molecule has 17 nitrogen and oxygen atoms in total. The van der Waals surface area contributed by atoms with Crippen molar-refractivity contribution in [2.45, 2.75) is 62.7 Å². The minimum atomic E-state index is -1.29. The molecule has 0 spiro atoms. The van der Waals surface area contributed by atoms with E-state index in [9.17, 15) is 24.3 Å². The number of aromatic nitrogens is 2. The van der Waals surface area contributed by atoms with E-state index in [0.717, 1.165) is 0 Å². The van der Waals surface area contributed by atoms with E-state index in [2.05, 4.69) is 35.9 Å². The van der Waals surface area contributed by atoms with Gasteiger partial charge in [-0.2, -0.15) is 11.8 Å². The van der Waals surface area contributed by atoms with Crippen LogP contribution in [0.3, 0.4) is 0 Å². The van der Waals surface area contributed by atoms with Gasteiger partial charge in [0.1, 0.15) is 18.1 Å². The van der Waals surface area contributed by atoms with Gasteiger partial charge in [-0.3, -0.25) is 24.4 Å². The van der Waals surface area contributed by atoms with E-state index in [4.69, 9.17) is 28.7 Å². The lowest BCUT2D eigenvalue weighted by Crippen LogP contribution is -2.57. The number of thioether (sulfide) groups is 1. The lowest BCUT2D eigenvalue weighted by molar-refractivity contribution is -0.142. The Balaban J connectivity index is 2.97. The average molecular weight is 599 g/mol. The highest BCUT2D eigenvalue weighted by Gasteiger charge is 2.30. The number of nitrogens with two attached hydrogens (primary N) is 5. The van der Waals surface area contributed by atoms with Crippen LogP contribution in [0, 0.1) is 0 Å². The third-order valence-electron chi connectivity index (χ3n) is 5.72. The first-order valence-electron chi connectivity index (χ1n) is 12.9. The van der Waals surface area contributed by atoms with E-state index in [1.807, 2.05) is 6.26 Å². The van der Waals surface area contributed by atoms with Crippen LogP contribution in [0.1, 0.15) is 37.8 Å². The van der Waals surface area contributed by atoms with Crippen molar-refractivity contribution < 1.29 is 24.3 Å². The number of carboxylic acids is 1. The van der Waals surface area contributed by atoms with Crippen LogP contribution in [0.2, 0.25) is 0 Å². The molecule has 1 heterocycles. The van der Waals surface area contributed by atoms with Gasteiger partial charge in [0.2, 0.25) is 17.7 Å². The van der Waals surface area contributed by atoms with Crippen molar-refractivity contribution in [1.82, 2.24) is 25.9 Å². The molecule has 0 radical (unpaired) electrons. The van der Waals surface area contributed by atoms with Gasteiger partial charge in [-0.05, 0) is 44.1 Å². The minimum absolute atomic E-state index is 0.0524. The van der Waals surface area contributed by atoms with Crippen LogP contribution in [0.4, 0.5) is 0 Å². The third-order valence-corrected chi connectivity index (χ3v) is 6.36. The molecule has 41 heavy (non-hydrogen) atoms. The van der Waals surface area contributed by atoms with Crippen LogP contribution in [-0.4, -0.2) is 99.9 Å². The Hall–Kier alpha value is -4.06. The number of aromatic amines is 1. The number of nitrogens with one attached hydrogen (secondary N) is 4. The van der Waals surface area contributed by atoms with Crippen molar-refractivity contribution in [3.63, 3.8) is 0 Å². The average Bonchev–Trinajstić information content (AvgIpc) is 3.42. The van der Waals surface area contributed by atoms with Gasteiger partial charge in [-0.15, -0.1) is 0 Å². The van der Waals surface area contributed by atoms with Gasteiger partial charge < -0.3 is 54.7 Å². The Bertz CT molecular complexity index is 1030. The number of guanidine groups is 2. The van der Waals surface area contributed by atoms with Crippen LogP contribution in [0.15, 0.2) is 22.5 Å². The summed E-state index contributed by atoms with van der Waals surface area (Å²) in [6.45, 7) is 0.480.